The van der Waals surface area contributed by atoms with Crippen LogP contribution in [0, 0.1) is 6.92 Å². The summed E-state index contributed by atoms with van der Waals surface area (Å²) in [4.78, 5) is 2.22. The third kappa shape index (κ3) is 3.19. The smallest absolute Gasteiger partial charge is 0.113 e. The lowest BCUT2D eigenvalue weighted by atomic mass is 10.0. The highest BCUT2D eigenvalue weighted by Gasteiger charge is 2.11. The molecular weight excluding hydrogens is 244 g/mol. The van der Waals surface area contributed by atoms with Gasteiger partial charge in [-0.2, -0.15) is 0 Å². The molecule has 2 aromatic rings. The SMILES string of the molecule is COCCc1ccc(C(O)c2ccc(C)s2)cc1. The highest BCUT2D eigenvalue weighted by atomic mass is 32.1. The molecule has 0 saturated heterocycles. The lowest BCUT2D eigenvalue weighted by Crippen LogP contribution is -1.98. The first kappa shape index (κ1) is 13.3. The van der Waals surface area contributed by atoms with Gasteiger partial charge in [0.25, 0.3) is 0 Å². The summed E-state index contributed by atoms with van der Waals surface area (Å²) in [5.41, 5.74) is 2.17. The van der Waals surface area contributed by atoms with Crippen LogP contribution in [0.1, 0.15) is 27.0 Å². The van der Waals surface area contributed by atoms with Crippen molar-refractivity contribution in [2.75, 3.05) is 13.7 Å². The number of rotatable bonds is 5. The van der Waals surface area contributed by atoms with Crippen LogP contribution >= 0.6 is 11.3 Å². The van der Waals surface area contributed by atoms with Gasteiger partial charge in [0, 0.05) is 16.9 Å². The number of aryl methyl sites for hydroxylation is 1. The van der Waals surface area contributed by atoms with E-state index in [1.807, 2.05) is 24.3 Å². The second-order valence-corrected chi connectivity index (χ2v) is 5.65. The standard InChI is InChI=1S/C15H18O2S/c1-11-3-8-14(18-11)15(16)13-6-4-12(5-7-13)9-10-17-2/h3-8,15-16H,9-10H2,1-2H3. The van der Waals surface area contributed by atoms with Crippen LogP contribution in [0.25, 0.3) is 0 Å². The van der Waals surface area contributed by atoms with Gasteiger partial charge in [0.1, 0.15) is 6.10 Å². The Morgan fingerprint density at radius 3 is 2.44 bits per heavy atom. The maximum Gasteiger partial charge on any atom is 0.113 e. The molecule has 0 aliphatic carbocycles. The molecule has 0 spiro atoms. The largest absolute Gasteiger partial charge is 0.384 e. The van der Waals surface area contributed by atoms with Crippen LogP contribution in [0.5, 0.6) is 0 Å². The molecule has 18 heavy (non-hydrogen) atoms. The number of aliphatic hydroxyl groups is 1. The van der Waals surface area contributed by atoms with Crippen molar-refractivity contribution in [3.63, 3.8) is 0 Å². The molecule has 1 heterocycles. The second kappa shape index (κ2) is 6.14. The van der Waals surface area contributed by atoms with Crippen LogP contribution < -0.4 is 0 Å². The number of benzene rings is 1. The van der Waals surface area contributed by atoms with E-state index in [9.17, 15) is 5.11 Å². The van der Waals surface area contributed by atoms with E-state index in [0.29, 0.717) is 0 Å². The Balaban J connectivity index is 2.09. The molecule has 3 heteroatoms. The Bertz CT molecular complexity index is 487. The molecule has 1 atom stereocenters. The Labute approximate surface area is 112 Å². The van der Waals surface area contributed by atoms with Crippen molar-refractivity contribution in [2.45, 2.75) is 19.4 Å². The summed E-state index contributed by atoms with van der Waals surface area (Å²) >= 11 is 1.64. The second-order valence-electron chi connectivity index (χ2n) is 4.34. The van der Waals surface area contributed by atoms with Crippen molar-refractivity contribution in [2.24, 2.45) is 0 Å². The zero-order chi connectivity index (χ0) is 13.0. The lowest BCUT2D eigenvalue weighted by molar-refractivity contribution is 0.202. The van der Waals surface area contributed by atoms with Crippen LogP contribution in [-0.4, -0.2) is 18.8 Å². The molecule has 2 rings (SSSR count). The van der Waals surface area contributed by atoms with Crippen LogP contribution in [0.15, 0.2) is 36.4 Å². The van der Waals surface area contributed by atoms with Gasteiger partial charge < -0.3 is 9.84 Å². The van der Waals surface area contributed by atoms with Crippen molar-refractivity contribution >= 4 is 11.3 Å². The Morgan fingerprint density at radius 2 is 1.89 bits per heavy atom. The van der Waals surface area contributed by atoms with Crippen LogP contribution in [0.4, 0.5) is 0 Å². The maximum atomic E-state index is 10.3. The van der Waals surface area contributed by atoms with Crippen LogP contribution in [0.3, 0.4) is 0 Å². The van der Waals surface area contributed by atoms with E-state index >= 15 is 0 Å². The number of ether oxygens (including phenoxy) is 1. The van der Waals surface area contributed by atoms with Gasteiger partial charge in [0.2, 0.25) is 0 Å². The van der Waals surface area contributed by atoms with E-state index in [1.165, 1.54) is 10.4 Å². The molecule has 2 nitrogen and oxygen atoms in total. The first-order valence-corrected chi connectivity index (χ1v) is 6.84. The van der Waals surface area contributed by atoms with E-state index in [4.69, 9.17) is 4.74 Å². The van der Waals surface area contributed by atoms with Crippen LogP contribution in [0.2, 0.25) is 0 Å². The highest BCUT2D eigenvalue weighted by Crippen LogP contribution is 2.28. The van der Waals surface area contributed by atoms with Crippen LogP contribution in [-0.2, 0) is 11.2 Å². The number of methoxy groups -OCH3 is 1. The molecule has 1 N–H and O–H groups in total. The third-order valence-corrected chi connectivity index (χ3v) is 3.97. The number of hydrogen-bond donors (Lipinski definition) is 1. The molecule has 0 aliphatic heterocycles. The molecule has 96 valence electrons. The average Bonchev–Trinajstić information content (AvgIpc) is 2.83. The van der Waals surface area contributed by atoms with Crippen molar-refractivity contribution in [1.82, 2.24) is 0 Å². The summed E-state index contributed by atoms with van der Waals surface area (Å²) in [7, 11) is 1.71. The molecule has 0 fully saturated rings. The molecular formula is C15H18O2S. The van der Waals surface area contributed by atoms with Gasteiger partial charge in [-0.05, 0) is 36.6 Å². The summed E-state index contributed by atoms with van der Waals surface area (Å²) in [5, 5.41) is 10.3. The number of aliphatic hydroxyl groups excluding tert-OH is 1. The predicted octanol–water partition coefficient (Wildman–Crippen LogP) is 3.33. The van der Waals surface area contributed by atoms with Gasteiger partial charge in [-0.25, -0.2) is 0 Å². The summed E-state index contributed by atoms with van der Waals surface area (Å²) < 4.78 is 5.05. The zero-order valence-corrected chi connectivity index (χ0v) is 11.5. The van der Waals surface area contributed by atoms with Crippen molar-refractivity contribution in [1.29, 1.82) is 0 Å². The fourth-order valence-corrected chi connectivity index (χ4v) is 2.74. The number of hydrogen-bond acceptors (Lipinski definition) is 3. The first-order chi connectivity index (χ1) is 8.70. The summed E-state index contributed by atoms with van der Waals surface area (Å²) in [6, 6.07) is 12.1. The fraction of sp³-hybridized carbons (Fsp3) is 0.333. The normalized spacial score (nSPS) is 12.6. The van der Waals surface area contributed by atoms with Gasteiger partial charge in [0.15, 0.2) is 0 Å². The van der Waals surface area contributed by atoms with E-state index in [2.05, 4.69) is 19.1 Å². The lowest BCUT2D eigenvalue weighted by Gasteiger charge is -2.09. The van der Waals surface area contributed by atoms with E-state index in [1.54, 1.807) is 18.4 Å². The van der Waals surface area contributed by atoms with Crippen molar-refractivity contribution in [3.8, 4) is 0 Å². The van der Waals surface area contributed by atoms with Gasteiger partial charge in [-0.1, -0.05) is 24.3 Å². The maximum absolute atomic E-state index is 10.3. The Morgan fingerprint density at radius 1 is 1.17 bits per heavy atom. The molecule has 1 aromatic carbocycles. The Hall–Kier alpha value is -1.16. The topological polar surface area (TPSA) is 29.5 Å². The molecule has 1 aromatic heterocycles. The van der Waals surface area contributed by atoms with Gasteiger partial charge in [0.05, 0.1) is 6.61 Å². The molecule has 1 unspecified atom stereocenters. The van der Waals surface area contributed by atoms with Gasteiger partial charge in [-0.15, -0.1) is 11.3 Å². The van der Waals surface area contributed by atoms with Crippen molar-refractivity contribution in [3.05, 3.63) is 57.3 Å². The Kier molecular flexibility index (Phi) is 4.53. The fourth-order valence-electron chi connectivity index (χ4n) is 1.85. The minimum Gasteiger partial charge on any atom is -0.384 e. The average molecular weight is 262 g/mol. The molecule has 0 aliphatic rings. The quantitative estimate of drug-likeness (QED) is 0.895. The predicted molar refractivity (Wildman–Crippen MR) is 75.1 cm³/mol. The minimum absolute atomic E-state index is 0.514. The monoisotopic (exact) mass is 262 g/mol. The summed E-state index contributed by atoms with van der Waals surface area (Å²) in [6.07, 6.45) is 0.394. The van der Waals surface area contributed by atoms with E-state index in [0.717, 1.165) is 23.5 Å². The van der Waals surface area contributed by atoms with Gasteiger partial charge in [-0.3, -0.25) is 0 Å². The van der Waals surface area contributed by atoms with E-state index < -0.39 is 6.10 Å². The molecule has 0 saturated carbocycles. The summed E-state index contributed by atoms with van der Waals surface area (Å²) in [6.45, 7) is 2.78. The summed E-state index contributed by atoms with van der Waals surface area (Å²) in [5.74, 6) is 0. The molecule has 0 radical (unpaired) electrons. The highest BCUT2D eigenvalue weighted by molar-refractivity contribution is 7.12. The van der Waals surface area contributed by atoms with E-state index in [-0.39, 0.29) is 0 Å². The first-order valence-electron chi connectivity index (χ1n) is 6.03. The minimum atomic E-state index is -0.514. The van der Waals surface area contributed by atoms with Crippen molar-refractivity contribution < 1.29 is 9.84 Å². The zero-order valence-electron chi connectivity index (χ0n) is 10.7. The molecule has 0 bridgehead atoms. The third-order valence-electron chi connectivity index (χ3n) is 2.92. The van der Waals surface area contributed by atoms with Gasteiger partial charge >= 0.3 is 0 Å². The molecule has 0 amide bonds. The number of thiophene rings is 1.